The van der Waals surface area contributed by atoms with E-state index in [4.69, 9.17) is 13.9 Å². The van der Waals surface area contributed by atoms with Gasteiger partial charge in [-0.2, -0.15) is 0 Å². The van der Waals surface area contributed by atoms with Crippen LogP contribution in [0.15, 0.2) is 53.3 Å². The number of furan rings is 1. The fraction of sp³-hybridized carbons (Fsp3) is 0.190. The lowest BCUT2D eigenvalue weighted by atomic mass is 9.94. The summed E-state index contributed by atoms with van der Waals surface area (Å²) in [7, 11) is 1.37. The van der Waals surface area contributed by atoms with Crippen LogP contribution in [0.1, 0.15) is 27.8 Å². The van der Waals surface area contributed by atoms with E-state index >= 15 is 0 Å². The highest BCUT2D eigenvalue weighted by atomic mass is 16.5. The molecule has 1 aromatic carbocycles. The van der Waals surface area contributed by atoms with Gasteiger partial charge in [-0.15, -0.1) is 0 Å². The molecule has 0 spiro atoms. The van der Waals surface area contributed by atoms with Gasteiger partial charge in [0.2, 0.25) is 0 Å². The summed E-state index contributed by atoms with van der Waals surface area (Å²) < 4.78 is 16.2. The molecule has 1 amide bonds. The average Bonchev–Trinajstić information content (AvgIpc) is 3.25. The number of nitrogens with zero attached hydrogens (tertiary/aromatic N) is 1. The molecule has 8 nitrogen and oxygen atoms in total. The van der Waals surface area contributed by atoms with E-state index in [2.05, 4.69) is 10.3 Å². The average molecular weight is 394 g/mol. The molecule has 2 N–H and O–H groups in total. The lowest BCUT2D eigenvalue weighted by Gasteiger charge is -2.31. The number of Topliss-reactive ketones (excluding diaryl/α,β-unsaturated/α-hetero) is 1. The van der Waals surface area contributed by atoms with Crippen molar-refractivity contribution in [2.45, 2.75) is 19.1 Å². The van der Waals surface area contributed by atoms with Gasteiger partial charge in [-0.3, -0.25) is 9.59 Å². The number of carbonyl (C=O) groups is 2. The number of nitrogens with one attached hydrogen (secondary N) is 1. The topological polar surface area (TPSA) is 111 Å². The lowest BCUT2D eigenvalue weighted by Crippen LogP contribution is -2.52. The number of ketones is 1. The molecule has 4 rings (SSSR count). The molecule has 3 heterocycles. The van der Waals surface area contributed by atoms with Gasteiger partial charge in [-0.25, -0.2) is 4.98 Å². The van der Waals surface area contributed by atoms with Crippen LogP contribution >= 0.6 is 0 Å². The quantitative estimate of drug-likeness (QED) is 0.700. The van der Waals surface area contributed by atoms with Crippen molar-refractivity contribution in [1.29, 1.82) is 0 Å². The van der Waals surface area contributed by atoms with Crippen LogP contribution in [-0.4, -0.2) is 41.0 Å². The number of aromatic nitrogens is 1. The maximum absolute atomic E-state index is 13.0. The molecule has 148 valence electrons. The van der Waals surface area contributed by atoms with Gasteiger partial charge in [0.1, 0.15) is 23.7 Å². The summed E-state index contributed by atoms with van der Waals surface area (Å²) in [6.45, 7) is 1.68. The first-order chi connectivity index (χ1) is 14.0. The fourth-order valence-corrected chi connectivity index (χ4v) is 3.23. The molecule has 0 saturated carbocycles. The summed E-state index contributed by atoms with van der Waals surface area (Å²) in [6.07, 6.45) is 2.28. The number of rotatable bonds is 4. The Morgan fingerprint density at radius 3 is 2.83 bits per heavy atom. The predicted molar refractivity (Wildman–Crippen MR) is 102 cm³/mol. The first-order valence-electron chi connectivity index (χ1n) is 8.91. The van der Waals surface area contributed by atoms with Gasteiger partial charge in [0, 0.05) is 17.8 Å². The van der Waals surface area contributed by atoms with Crippen LogP contribution in [0.2, 0.25) is 0 Å². The van der Waals surface area contributed by atoms with Gasteiger partial charge >= 0.3 is 0 Å². The van der Waals surface area contributed by atoms with Crippen LogP contribution in [-0.2, 0) is 0 Å². The molecule has 0 aliphatic carbocycles. The van der Waals surface area contributed by atoms with Crippen molar-refractivity contribution in [3.8, 4) is 28.6 Å². The number of hydrogen-bond acceptors (Lipinski definition) is 7. The Morgan fingerprint density at radius 2 is 2.10 bits per heavy atom. The number of fused-ring (bicyclic) bond motifs is 1. The SMILES string of the molecule is COc1ccnc(C(=O)NC2C(=O)c3ccc(-c4ccco4)cc3OC2C)c1O. The van der Waals surface area contributed by atoms with Gasteiger partial charge in [-0.1, -0.05) is 6.07 Å². The van der Waals surface area contributed by atoms with E-state index in [0.717, 1.165) is 5.56 Å². The van der Waals surface area contributed by atoms with Crippen LogP contribution in [0.3, 0.4) is 0 Å². The van der Waals surface area contributed by atoms with Crippen molar-refractivity contribution in [1.82, 2.24) is 10.3 Å². The van der Waals surface area contributed by atoms with E-state index in [0.29, 0.717) is 17.1 Å². The zero-order valence-electron chi connectivity index (χ0n) is 15.7. The van der Waals surface area contributed by atoms with E-state index in [1.807, 2.05) is 6.07 Å². The second kappa shape index (κ2) is 7.31. The minimum atomic E-state index is -0.933. The highest BCUT2D eigenvalue weighted by Gasteiger charge is 2.37. The lowest BCUT2D eigenvalue weighted by molar-refractivity contribution is 0.0699. The van der Waals surface area contributed by atoms with Crippen LogP contribution < -0.4 is 14.8 Å². The standard InChI is InChI=1S/C21H18N2O6/c1-11-17(23-21(26)18-20(25)15(27-2)7-8-22-18)19(24)13-6-5-12(10-16(13)29-11)14-4-3-9-28-14/h3-11,17,25H,1-2H3,(H,23,26). The Morgan fingerprint density at radius 1 is 1.28 bits per heavy atom. The molecular weight excluding hydrogens is 376 g/mol. The summed E-state index contributed by atoms with van der Waals surface area (Å²) in [5, 5.41) is 12.7. The highest BCUT2D eigenvalue weighted by Crippen LogP contribution is 2.33. The van der Waals surface area contributed by atoms with Crippen molar-refractivity contribution in [2.24, 2.45) is 0 Å². The van der Waals surface area contributed by atoms with Gasteiger partial charge in [0.05, 0.1) is 18.9 Å². The van der Waals surface area contributed by atoms with Crippen LogP contribution in [0.5, 0.6) is 17.2 Å². The van der Waals surface area contributed by atoms with Crippen molar-refractivity contribution in [3.05, 3.63) is 60.1 Å². The number of pyridine rings is 1. The molecule has 1 aliphatic heterocycles. The van der Waals surface area contributed by atoms with Crippen molar-refractivity contribution < 1.29 is 28.6 Å². The number of ether oxygens (including phenoxy) is 2. The fourth-order valence-electron chi connectivity index (χ4n) is 3.23. The highest BCUT2D eigenvalue weighted by molar-refractivity contribution is 6.07. The smallest absolute Gasteiger partial charge is 0.274 e. The van der Waals surface area contributed by atoms with Crippen LogP contribution in [0.25, 0.3) is 11.3 Å². The van der Waals surface area contributed by atoms with E-state index in [1.165, 1.54) is 19.4 Å². The van der Waals surface area contributed by atoms with E-state index in [-0.39, 0.29) is 17.2 Å². The third-order valence-electron chi connectivity index (χ3n) is 4.73. The molecule has 2 aromatic heterocycles. The summed E-state index contributed by atoms with van der Waals surface area (Å²) in [6, 6.07) is 9.21. The largest absolute Gasteiger partial charge is 0.503 e. The van der Waals surface area contributed by atoms with Gasteiger partial charge < -0.3 is 24.3 Å². The summed E-state index contributed by atoms with van der Waals surface area (Å²) in [5.74, 6) is -0.199. The zero-order valence-corrected chi connectivity index (χ0v) is 15.7. The Balaban J connectivity index is 1.59. The number of carbonyl (C=O) groups excluding carboxylic acids is 2. The molecule has 2 unspecified atom stereocenters. The molecular formula is C21H18N2O6. The van der Waals surface area contributed by atoms with Gasteiger partial charge in [-0.05, 0) is 31.2 Å². The van der Waals surface area contributed by atoms with Crippen LogP contribution in [0, 0.1) is 0 Å². The second-order valence-electron chi connectivity index (χ2n) is 6.54. The Bertz CT molecular complexity index is 1080. The molecule has 2 atom stereocenters. The first-order valence-corrected chi connectivity index (χ1v) is 8.91. The minimum absolute atomic E-state index is 0.111. The van der Waals surface area contributed by atoms with Crippen molar-refractivity contribution in [2.75, 3.05) is 7.11 Å². The normalized spacial score (nSPS) is 17.9. The molecule has 1 aliphatic rings. The Kier molecular flexibility index (Phi) is 4.67. The Labute approximate surface area is 166 Å². The number of hydrogen-bond donors (Lipinski definition) is 2. The molecule has 0 bridgehead atoms. The molecule has 3 aromatic rings. The molecule has 0 fully saturated rings. The Hall–Kier alpha value is -3.81. The predicted octanol–water partition coefficient (Wildman–Crippen LogP) is 2.82. The molecule has 0 radical (unpaired) electrons. The number of benzene rings is 1. The number of amides is 1. The zero-order chi connectivity index (χ0) is 20.5. The monoisotopic (exact) mass is 394 g/mol. The first kappa shape index (κ1) is 18.5. The summed E-state index contributed by atoms with van der Waals surface area (Å²) in [4.78, 5) is 29.5. The van der Waals surface area contributed by atoms with E-state index in [1.54, 1.807) is 37.5 Å². The summed E-state index contributed by atoms with van der Waals surface area (Å²) in [5.41, 5.74) is 0.900. The number of methoxy groups -OCH3 is 1. The third-order valence-corrected chi connectivity index (χ3v) is 4.73. The summed E-state index contributed by atoms with van der Waals surface area (Å²) >= 11 is 0. The third kappa shape index (κ3) is 3.29. The second-order valence-corrected chi connectivity index (χ2v) is 6.54. The van der Waals surface area contributed by atoms with Gasteiger partial charge in [0.15, 0.2) is 23.0 Å². The van der Waals surface area contributed by atoms with E-state index < -0.39 is 23.8 Å². The maximum atomic E-state index is 13.0. The van der Waals surface area contributed by atoms with Crippen LogP contribution in [0.4, 0.5) is 0 Å². The van der Waals surface area contributed by atoms with Crippen molar-refractivity contribution >= 4 is 11.7 Å². The van der Waals surface area contributed by atoms with Gasteiger partial charge in [0.25, 0.3) is 5.91 Å². The maximum Gasteiger partial charge on any atom is 0.274 e. The molecule has 29 heavy (non-hydrogen) atoms. The minimum Gasteiger partial charge on any atom is -0.503 e. The number of aromatic hydroxyl groups is 1. The van der Waals surface area contributed by atoms with Crippen molar-refractivity contribution in [3.63, 3.8) is 0 Å². The molecule has 8 heteroatoms. The molecule has 0 saturated heterocycles. The van der Waals surface area contributed by atoms with E-state index in [9.17, 15) is 14.7 Å².